The molecule has 1 aromatic heterocycles. The quantitative estimate of drug-likeness (QED) is 0.933. The summed E-state index contributed by atoms with van der Waals surface area (Å²) in [5, 5.41) is 4.84. The molecule has 1 N–H and O–H groups in total. The fourth-order valence-corrected chi connectivity index (χ4v) is 3.59. The molecule has 1 amide bonds. The number of hydrogen-bond acceptors (Lipinski definition) is 5. The largest absolute Gasteiger partial charge is 0.360 e. The first kappa shape index (κ1) is 16.2. The van der Waals surface area contributed by atoms with E-state index in [1.54, 1.807) is 26.0 Å². The number of nitrogens with one attached hydrogen (secondary N) is 1. The Morgan fingerprint density at radius 2 is 1.91 bits per heavy atom. The van der Waals surface area contributed by atoms with Gasteiger partial charge >= 0.3 is 0 Å². The number of rotatable bonds is 4. The van der Waals surface area contributed by atoms with E-state index in [2.05, 4.69) is 10.5 Å². The second-order valence-electron chi connectivity index (χ2n) is 5.27. The number of anilines is 1. The van der Waals surface area contributed by atoms with Gasteiger partial charge in [0.15, 0.2) is 15.7 Å². The summed E-state index contributed by atoms with van der Waals surface area (Å²) < 4.78 is 30.0. The van der Waals surface area contributed by atoms with E-state index in [0.717, 1.165) is 5.56 Å². The number of carbonyl (C=O) groups is 1. The number of aromatic nitrogens is 1. The molecule has 6 nitrogen and oxygen atoms in total. The van der Waals surface area contributed by atoms with Crippen molar-refractivity contribution in [2.24, 2.45) is 0 Å². The van der Waals surface area contributed by atoms with Crippen LogP contribution in [-0.4, -0.2) is 24.7 Å². The van der Waals surface area contributed by atoms with E-state index in [-0.39, 0.29) is 10.7 Å². The van der Waals surface area contributed by atoms with E-state index in [9.17, 15) is 13.2 Å². The van der Waals surface area contributed by atoms with Gasteiger partial charge in [-0.2, -0.15) is 0 Å². The highest BCUT2D eigenvalue weighted by atomic mass is 32.2. The Morgan fingerprint density at radius 3 is 2.45 bits per heavy atom. The first-order chi connectivity index (χ1) is 10.2. The maximum atomic E-state index is 12.6. The SMILES string of the molecule is Cc1ccc(S(=O)(=O)C(C)C(=O)Nc2cc(C)on2)c(C)c1. The number of nitrogens with zero attached hydrogens (tertiary/aromatic N) is 1. The summed E-state index contributed by atoms with van der Waals surface area (Å²) in [7, 11) is -3.77. The molecular formula is C15H18N2O4S. The van der Waals surface area contributed by atoms with Crippen molar-refractivity contribution in [2.45, 2.75) is 37.8 Å². The van der Waals surface area contributed by atoms with Crippen molar-refractivity contribution in [3.63, 3.8) is 0 Å². The lowest BCUT2D eigenvalue weighted by Crippen LogP contribution is -2.33. The topological polar surface area (TPSA) is 89.3 Å². The summed E-state index contributed by atoms with van der Waals surface area (Å²) in [4.78, 5) is 12.3. The maximum absolute atomic E-state index is 12.6. The molecule has 1 heterocycles. The van der Waals surface area contributed by atoms with Crippen molar-refractivity contribution in [2.75, 3.05) is 5.32 Å². The van der Waals surface area contributed by atoms with Crippen LogP contribution in [0, 0.1) is 20.8 Å². The van der Waals surface area contributed by atoms with Crippen LogP contribution in [0.1, 0.15) is 23.8 Å². The summed E-state index contributed by atoms with van der Waals surface area (Å²) in [5.74, 6) is 0.0821. The molecule has 0 radical (unpaired) electrons. The molecule has 0 spiro atoms. The van der Waals surface area contributed by atoms with Crippen LogP contribution in [0.3, 0.4) is 0 Å². The number of hydrogen-bond donors (Lipinski definition) is 1. The molecule has 0 aliphatic rings. The summed E-state index contributed by atoms with van der Waals surface area (Å²) in [6, 6.07) is 6.54. The van der Waals surface area contributed by atoms with E-state index in [4.69, 9.17) is 4.52 Å². The Labute approximate surface area is 129 Å². The monoisotopic (exact) mass is 322 g/mol. The Kier molecular flexibility index (Phi) is 4.37. The van der Waals surface area contributed by atoms with Crippen LogP contribution in [-0.2, 0) is 14.6 Å². The maximum Gasteiger partial charge on any atom is 0.244 e. The Morgan fingerprint density at radius 1 is 1.23 bits per heavy atom. The minimum atomic E-state index is -3.77. The van der Waals surface area contributed by atoms with Crippen molar-refractivity contribution < 1.29 is 17.7 Å². The zero-order valence-corrected chi connectivity index (χ0v) is 13.7. The molecule has 0 saturated heterocycles. The number of carbonyl (C=O) groups excluding carboxylic acids is 1. The third-order valence-electron chi connectivity index (χ3n) is 3.35. The second-order valence-corrected chi connectivity index (χ2v) is 7.51. The molecule has 118 valence electrons. The summed E-state index contributed by atoms with van der Waals surface area (Å²) >= 11 is 0. The standard InChI is InChI=1S/C15H18N2O4S/c1-9-5-6-13(10(2)7-9)22(19,20)12(4)15(18)16-14-8-11(3)21-17-14/h5-8,12H,1-4H3,(H,16,17,18). The Balaban J connectivity index is 2.26. The number of benzene rings is 1. The first-order valence-corrected chi connectivity index (χ1v) is 8.32. The molecule has 22 heavy (non-hydrogen) atoms. The molecule has 1 unspecified atom stereocenters. The molecule has 1 aromatic carbocycles. The van der Waals surface area contributed by atoms with Crippen LogP contribution in [0.2, 0.25) is 0 Å². The van der Waals surface area contributed by atoms with Gasteiger partial charge in [-0.3, -0.25) is 4.79 Å². The van der Waals surface area contributed by atoms with Crippen molar-refractivity contribution >= 4 is 21.6 Å². The average Bonchev–Trinajstić information content (AvgIpc) is 2.82. The highest BCUT2D eigenvalue weighted by Gasteiger charge is 2.31. The molecule has 7 heteroatoms. The molecule has 0 bridgehead atoms. The van der Waals surface area contributed by atoms with Crippen LogP contribution in [0.5, 0.6) is 0 Å². The van der Waals surface area contributed by atoms with Crippen molar-refractivity contribution in [3.05, 3.63) is 41.2 Å². The van der Waals surface area contributed by atoms with Gasteiger partial charge in [-0.25, -0.2) is 8.42 Å². The van der Waals surface area contributed by atoms with Crippen molar-refractivity contribution in [3.8, 4) is 0 Å². The van der Waals surface area contributed by atoms with Gasteiger partial charge in [0.25, 0.3) is 0 Å². The molecule has 0 aliphatic carbocycles. The van der Waals surface area contributed by atoms with Crippen LogP contribution in [0.25, 0.3) is 0 Å². The van der Waals surface area contributed by atoms with Gasteiger partial charge in [-0.05, 0) is 39.3 Å². The average molecular weight is 322 g/mol. The van der Waals surface area contributed by atoms with Crippen LogP contribution < -0.4 is 5.32 Å². The Hall–Kier alpha value is -2.15. The van der Waals surface area contributed by atoms with Crippen molar-refractivity contribution in [1.29, 1.82) is 0 Å². The predicted octanol–water partition coefficient (Wildman–Crippen LogP) is 2.40. The fourth-order valence-electron chi connectivity index (χ4n) is 2.10. The molecule has 0 fully saturated rings. The normalized spacial score (nSPS) is 12.9. The minimum Gasteiger partial charge on any atom is -0.360 e. The first-order valence-electron chi connectivity index (χ1n) is 6.77. The lowest BCUT2D eigenvalue weighted by molar-refractivity contribution is -0.115. The van der Waals surface area contributed by atoms with Crippen molar-refractivity contribution in [1.82, 2.24) is 5.16 Å². The van der Waals surface area contributed by atoms with Gasteiger partial charge in [0.05, 0.1) is 4.90 Å². The summed E-state index contributed by atoms with van der Waals surface area (Å²) in [5.41, 5.74) is 1.59. The molecular weight excluding hydrogens is 304 g/mol. The zero-order chi connectivity index (χ0) is 16.5. The van der Waals surface area contributed by atoms with Crippen LogP contribution >= 0.6 is 0 Å². The number of amides is 1. The number of sulfone groups is 1. The zero-order valence-electron chi connectivity index (χ0n) is 12.9. The van der Waals surface area contributed by atoms with E-state index in [1.807, 2.05) is 6.92 Å². The van der Waals surface area contributed by atoms with Gasteiger partial charge in [-0.15, -0.1) is 0 Å². The van der Waals surface area contributed by atoms with Gasteiger partial charge < -0.3 is 9.84 Å². The minimum absolute atomic E-state index is 0.164. The third-order valence-corrected chi connectivity index (χ3v) is 5.57. The molecule has 0 saturated carbocycles. The van der Waals surface area contributed by atoms with Gasteiger partial charge in [0.1, 0.15) is 11.0 Å². The Bertz CT molecular complexity index is 809. The highest BCUT2D eigenvalue weighted by molar-refractivity contribution is 7.92. The summed E-state index contributed by atoms with van der Waals surface area (Å²) in [6.45, 7) is 6.63. The van der Waals surface area contributed by atoms with E-state index >= 15 is 0 Å². The second kappa shape index (κ2) is 5.92. The van der Waals surface area contributed by atoms with Gasteiger partial charge in [-0.1, -0.05) is 22.9 Å². The fraction of sp³-hybridized carbons (Fsp3) is 0.333. The van der Waals surface area contributed by atoms with E-state index < -0.39 is 21.0 Å². The molecule has 2 rings (SSSR count). The highest BCUT2D eigenvalue weighted by Crippen LogP contribution is 2.22. The molecule has 0 aliphatic heterocycles. The van der Waals surface area contributed by atoms with E-state index in [0.29, 0.717) is 11.3 Å². The summed E-state index contributed by atoms with van der Waals surface area (Å²) in [6.07, 6.45) is 0. The van der Waals surface area contributed by atoms with Crippen LogP contribution in [0.4, 0.5) is 5.82 Å². The lowest BCUT2D eigenvalue weighted by Gasteiger charge is -2.14. The van der Waals surface area contributed by atoms with Gasteiger partial charge in [0.2, 0.25) is 5.91 Å². The van der Waals surface area contributed by atoms with Gasteiger partial charge in [0, 0.05) is 6.07 Å². The third kappa shape index (κ3) is 3.19. The molecule has 1 atom stereocenters. The number of aryl methyl sites for hydroxylation is 3. The predicted molar refractivity (Wildman–Crippen MR) is 82.4 cm³/mol. The smallest absolute Gasteiger partial charge is 0.244 e. The van der Waals surface area contributed by atoms with E-state index in [1.165, 1.54) is 19.1 Å². The van der Waals surface area contributed by atoms with Crippen LogP contribution in [0.15, 0.2) is 33.7 Å². The molecule has 2 aromatic rings. The lowest BCUT2D eigenvalue weighted by atomic mass is 10.2.